The first-order chi connectivity index (χ1) is 9.54. The number of nitrogens with two attached hydrogens (primary N) is 1. The normalized spacial score (nSPS) is 12.4. The molecule has 2 rings (SSSR count). The number of rotatable bonds is 5. The summed E-state index contributed by atoms with van der Waals surface area (Å²) in [5.74, 6) is 1.12. The van der Waals surface area contributed by atoms with Crippen LogP contribution in [0.2, 0.25) is 0 Å². The van der Waals surface area contributed by atoms with E-state index >= 15 is 0 Å². The fourth-order valence-electron chi connectivity index (χ4n) is 2.53. The summed E-state index contributed by atoms with van der Waals surface area (Å²) in [6.45, 7) is 4.18. The molecule has 1 unspecified atom stereocenters. The maximum Gasteiger partial charge on any atom is 0.134 e. The van der Waals surface area contributed by atoms with E-state index in [-0.39, 0.29) is 6.04 Å². The number of para-hydroxylation sites is 1. The molecule has 0 radical (unpaired) electrons. The van der Waals surface area contributed by atoms with E-state index in [9.17, 15) is 0 Å². The molecule has 0 aliphatic carbocycles. The molecule has 4 heteroatoms. The van der Waals surface area contributed by atoms with Crippen molar-refractivity contribution in [3.05, 3.63) is 41.6 Å². The van der Waals surface area contributed by atoms with Gasteiger partial charge in [-0.25, -0.2) is 0 Å². The molecule has 1 aromatic heterocycles. The Labute approximate surface area is 121 Å². The van der Waals surface area contributed by atoms with Crippen molar-refractivity contribution in [2.75, 3.05) is 11.9 Å². The van der Waals surface area contributed by atoms with Gasteiger partial charge in [0, 0.05) is 31.4 Å². The zero-order valence-corrected chi connectivity index (χ0v) is 12.8. The predicted octanol–water partition coefficient (Wildman–Crippen LogP) is 2.78. The average molecular weight is 272 g/mol. The third-order valence-corrected chi connectivity index (χ3v) is 3.77. The van der Waals surface area contributed by atoms with E-state index in [4.69, 9.17) is 5.73 Å². The van der Waals surface area contributed by atoms with Crippen LogP contribution in [0.25, 0.3) is 0 Å². The first-order valence-electron chi connectivity index (χ1n) is 7.11. The summed E-state index contributed by atoms with van der Waals surface area (Å²) in [5.41, 5.74) is 9.60. The lowest BCUT2D eigenvalue weighted by Crippen LogP contribution is -2.23. The monoisotopic (exact) mass is 272 g/mol. The first-order valence-corrected chi connectivity index (χ1v) is 7.11. The first kappa shape index (κ1) is 14.6. The van der Waals surface area contributed by atoms with Gasteiger partial charge < -0.3 is 10.6 Å². The molecule has 2 aromatic rings. The largest absolute Gasteiger partial charge is 0.329 e. The van der Waals surface area contributed by atoms with Gasteiger partial charge in [0.1, 0.15) is 5.82 Å². The molecule has 4 nitrogen and oxygen atoms in total. The number of aryl methyl sites for hydroxylation is 2. The highest BCUT2D eigenvalue weighted by Gasteiger charge is 2.19. The Balaban J connectivity index is 2.40. The molecule has 0 aliphatic rings. The zero-order chi connectivity index (χ0) is 14.7. The molecule has 1 aromatic carbocycles. The van der Waals surface area contributed by atoms with Crippen LogP contribution < -0.4 is 10.6 Å². The number of nitrogens with zero attached hydrogens (tertiary/aromatic N) is 3. The van der Waals surface area contributed by atoms with Gasteiger partial charge in [-0.05, 0) is 31.9 Å². The molecule has 0 spiro atoms. The van der Waals surface area contributed by atoms with Crippen molar-refractivity contribution < 1.29 is 0 Å². The zero-order valence-electron chi connectivity index (χ0n) is 12.8. The lowest BCUT2D eigenvalue weighted by molar-refractivity contribution is 0.644. The maximum absolute atomic E-state index is 6.14. The van der Waals surface area contributed by atoms with Gasteiger partial charge in [-0.1, -0.05) is 25.1 Å². The standard InChI is InChI=1S/C16H24N4/c1-5-13(17)11-15-12(2)18-20(4)16(15)19(3)14-9-7-6-8-10-14/h6-10,13H,5,11,17H2,1-4H3. The number of benzene rings is 1. The van der Waals surface area contributed by atoms with Crippen molar-refractivity contribution in [2.45, 2.75) is 32.7 Å². The summed E-state index contributed by atoms with van der Waals surface area (Å²) in [6, 6.07) is 10.5. The number of aromatic nitrogens is 2. The van der Waals surface area contributed by atoms with E-state index in [1.165, 1.54) is 5.56 Å². The Morgan fingerprint density at radius 2 is 1.95 bits per heavy atom. The highest BCUT2D eigenvalue weighted by molar-refractivity contribution is 5.63. The second kappa shape index (κ2) is 6.09. The van der Waals surface area contributed by atoms with E-state index in [0.29, 0.717) is 0 Å². The van der Waals surface area contributed by atoms with E-state index < -0.39 is 0 Å². The van der Waals surface area contributed by atoms with E-state index in [1.807, 2.05) is 29.9 Å². The van der Waals surface area contributed by atoms with Crippen LogP contribution in [-0.4, -0.2) is 22.9 Å². The van der Waals surface area contributed by atoms with Gasteiger partial charge >= 0.3 is 0 Å². The summed E-state index contributed by atoms with van der Waals surface area (Å²) < 4.78 is 1.94. The second-order valence-corrected chi connectivity index (χ2v) is 5.28. The van der Waals surface area contributed by atoms with Crippen molar-refractivity contribution in [1.82, 2.24) is 9.78 Å². The van der Waals surface area contributed by atoms with Crippen LogP contribution >= 0.6 is 0 Å². The molecule has 0 amide bonds. The number of hydrogen-bond acceptors (Lipinski definition) is 3. The third-order valence-electron chi connectivity index (χ3n) is 3.77. The Morgan fingerprint density at radius 1 is 1.30 bits per heavy atom. The van der Waals surface area contributed by atoms with Crippen LogP contribution in [0.3, 0.4) is 0 Å². The molecule has 1 heterocycles. The van der Waals surface area contributed by atoms with Gasteiger partial charge in [0.15, 0.2) is 0 Å². The summed E-state index contributed by atoms with van der Waals surface area (Å²) in [6.07, 6.45) is 1.84. The Bertz CT molecular complexity index is 559. The smallest absolute Gasteiger partial charge is 0.134 e. The van der Waals surface area contributed by atoms with Crippen LogP contribution in [0.1, 0.15) is 24.6 Å². The van der Waals surface area contributed by atoms with Crippen LogP contribution in [-0.2, 0) is 13.5 Å². The lowest BCUT2D eigenvalue weighted by Gasteiger charge is -2.22. The van der Waals surface area contributed by atoms with Crippen molar-refractivity contribution in [1.29, 1.82) is 0 Å². The molecule has 1 atom stereocenters. The van der Waals surface area contributed by atoms with Gasteiger partial charge in [0.25, 0.3) is 0 Å². The SMILES string of the molecule is CCC(N)Cc1c(C)nn(C)c1N(C)c1ccccc1. The molecular weight excluding hydrogens is 248 g/mol. The molecule has 2 N–H and O–H groups in total. The molecule has 20 heavy (non-hydrogen) atoms. The number of hydrogen-bond donors (Lipinski definition) is 1. The Kier molecular flexibility index (Phi) is 4.45. The summed E-state index contributed by atoms with van der Waals surface area (Å²) in [4.78, 5) is 2.18. The lowest BCUT2D eigenvalue weighted by atomic mass is 10.0. The maximum atomic E-state index is 6.14. The fourth-order valence-corrected chi connectivity index (χ4v) is 2.53. The van der Waals surface area contributed by atoms with Gasteiger partial charge in [-0.15, -0.1) is 0 Å². The highest BCUT2D eigenvalue weighted by Crippen LogP contribution is 2.29. The molecule has 108 valence electrons. The Hall–Kier alpha value is -1.81. The van der Waals surface area contributed by atoms with Gasteiger partial charge in [-0.2, -0.15) is 5.10 Å². The number of anilines is 2. The van der Waals surface area contributed by atoms with E-state index in [0.717, 1.165) is 30.0 Å². The molecular formula is C16H24N4. The van der Waals surface area contributed by atoms with Crippen LogP contribution in [0, 0.1) is 6.92 Å². The molecule has 0 aliphatic heterocycles. The van der Waals surface area contributed by atoms with E-state index in [2.05, 4.69) is 43.0 Å². The predicted molar refractivity (Wildman–Crippen MR) is 84.4 cm³/mol. The molecule has 0 saturated heterocycles. The van der Waals surface area contributed by atoms with Crippen LogP contribution in [0.4, 0.5) is 11.5 Å². The van der Waals surface area contributed by atoms with Crippen LogP contribution in [0.5, 0.6) is 0 Å². The average Bonchev–Trinajstić information content (AvgIpc) is 2.73. The minimum Gasteiger partial charge on any atom is -0.329 e. The van der Waals surface area contributed by atoms with Gasteiger partial charge in [0.05, 0.1) is 5.69 Å². The fraction of sp³-hybridized carbons (Fsp3) is 0.438. The Morgan fingerprint density at radius 3 is 2.55 bits per heavy atom. The minimum atomic E-state index is 0.181. The summed E-state index contributed by atoms with van der Waals surface area (Å²) in [5, 5.41) is 4.56. The quantitative estimate of drug-likeness (QED) is 0.910. The third kappa shape index (κ3) is 2.85. The minimum absolute atomic E-state index is 0.181. The topological polar surface area (TPSA) is 47.1 Å². The van der Waals surface area contributed by atoms with Crippen molar-refractivity contribution in [3.8, 4) is 0 Å². The second-order valence-electron chi connectivity index (χ2n) is 5.28. The van der Waals surface area contributed by atoms with E-state index in [1.54, 1.807) is 0 Å². The van der Waals surface area contributed by atoms with Crippen molar-refractivity contribution in [2.24, 2.45) is 12.8 Å². The summed E-state index contributed by atoms with van der Waals surface area (Å²) >= 11 is 0. The van der Waals surface area contributed by atoms with Crippen molar-refractivity contribution in [3.63, 3.8) is 0 Å². The highest BCUT2D eigenvalue weighted by atomic mass is 15.4. The molecule has 0 saturated carbocycles. The van der Waals surface area contributed by atoms with Gasteiger partial charge in [0.2, 0.25) is 0 Å². The van der Waals surface area contributed by atoms with Crippen LogP contribution in [0.15, 0.2) is 30.3 Å². The summed E-state index contributed by atoms with van der Waals surface area (Å²) in [7, 11) is 4.06. The van der Waals surface area contributed by atoms with Gasteiger partial charge in [-0.3, -0.25) is 4.68 Å². The van der Waals surface area contributed by atoms with Crippen molar-refractivity contribution >= 4 is 11.5 Å². The molecule has 0 fully saturated rings. The molecule has 0 bridgehead atoms.